The standard InChI is InChI=1S/C8H10N4/c1-3-9-5-4-8-6-10-12-11-7(8)2/h4-6H,2-3H2,1H3/b8-4-,9-5-. The van der Waals surface area contributed by atoms with Crippen molar-refractivity contribution >= 4 is 18.9 Å². The third-order valence-corrected chi connectivity index (χ3v) is 1.29. The van der Waals surface area contributed by atoms with Gasteiger partial charge in [-0.25, -0.2) is 0 Å². The van der Waals surface area contributed by atoms with Crippen molar-refractivity contribution in [2.45, 2.75) is 6.92 Å². The summed E-state index contributed by atoms with van der Waals surface area (Å²) in [7, 11) is 0. The second-order valence-electron chi connectivity index (χ2n) is 2.15. The van der Waals surface area contributed by atoms with Crippen molar-refractivity contribution < 1.29 is 0 Å². The van der Waals surface area contributed by atoms with Crippen LogP contribution in [0, 0.1) is 0 Å². The number of aromatic nitrogens is 3. The molecule has 0 radical (unpaired) electrons. The molecule has 0 fully saturated rings. The second-order valence-corrected chi connectivity index (χ2v) is 2.15. The maximum absolute atomic E-state index is 4.02. The average molecular weight is 162 g/mol. The molecule has 1 aromatic heterocycles. The van der Waals surface area contributed by atoms with Gasteiger partial charge in [0.15, 0.2) is 0 Å². The molecule has 1 aromatic rings. The highest BCUT2D eigenvalue weighted by atomic mass is 15.3. The van der Waals surface area contributed by atoms with E-state index in [1.165, 1.54) is 0 Å². The minimum Gasteiger partial charge on any atom is -0.293 e. The zero-order valence-electron chi connectivity index (χ0n) is 6.94. The highest BCUT2D eigenvalue weighted by molar-refractivity contribution is 5.90. The molecular formula is C8H10N4. The van der Waals surface area contributed by atoms with Crippen molar-refractivity contribution in [2.24, 2.45) is 4.99 Å². The minimum atomic E-state index is 0.618. The fraction of sp³-hybridized carbons (Fsp3) is 0.250. The molecule has 0 saturated carbocycles. The number of aliphatic imine (C=N–C) groups is 1. The molecule has 4 heteroatoms. The fourth-order valence-electron chi connectivity index (χ4n) is 0.678. The SMILES string of the molecule is C=c1nnnc/c1=C/C=N\CC. The van der Waals surface area contributed by atoms with Gasteiger partial charge in [-0.15, -0.1) is 10.2 Å². The Morgan fingerprint density at radius 1 is 1.67 bits per heavy atom. The van der Waals surface area contributed by atoms with Gasteiger partial charge in [-0.1, -0.05) is 6.58 Å². The summed E-state index contributed by atoms with van der Waals surface area (Å²) < 4.78 is 0. The molecule has 0 aliphatic heterocycles. The van der Waals surface area contributed by atoms with Crippen LogP contribution in [-0.4, -0.2) is 28.2 Å². The van der Waals surface area contributed by atoms with Gasteiger partial charge in [0.2, 0.25) is 0 Å². The fourth-order valence-corrected chi connectivity index (χ4v) is 0.678. The molecule has 1 rings (SSSR count). The van der Waals surface area contributed by atoms with Crippen LogP contribution in [0.15, 0.2) is 11.2 Å². The third-order valence-electron chi connectivity index (χ3n) is 1.29. The lowest BCUT2D eigenvalue weighted by molar-refractivity contribution is 0.835. The normalized spacial score (nSPS) is 12.6. The molecule has 62 valence electrons. The van der Waals surface area contributed by atoms with Crippen LogP contribution in [-0.2, 0) is 0 Å². The largest absolute Gasteiger partial charge is 0.293 e. The number of rotatable bonds is 2. The molecule has 4 nitrogen and oxygen atoms in total. The van der Waals surface area contributed by atoms with E-state index in [4.69, 9.17) is 0 Å². The molecular weight excluding hydrogens is 152 g/mol. The molecule has 0 atom stereocenters. The van der Waals surface area contributed by atoms with E-state index >= 15 is 0 Å². The number of nitrogens with zero attached hydrogens (tertiary/aromatic N) is 4. The van der Waals surface area contributed by atoms with Gasteiger partial charge in [0, 0.05) is 18.0 Å². The van der Waals surface area contributed by atoms with E-state index in [9.17, 15) is 0 Å². The zero-order valence-corrected chi connectivity index (χ0v) is 6.94. The van der Waals surface area contributed by atoms with Crippen LogP contribution in [0.3, 0.4) is 0 Å². The predicted molar refractivity (Wildman–Crippen MR) is 48.1 cm³/mol. The Bertz CT molecular complexity index is 369. The first kappa shape index (κ1) is 8.52. The van der Waals surface area contributed by atoms with Crippen LogP contribution in [0.5, 0.6) is 0 Å². The summed E-state index contributed by atoms with van der Waals surface area (Å²) in [5, 5.41) is 12.2. The molecule has 0 unspecified atom stereocenters. The van der Waals surface area contributed by atoms with E-state index < -0.39 is 0 Å². The second kappa shape index (κ2) is 4.33. The average Bonchev–Trinajstić information content (AvgIpc) is 2.09. The van der Waals surface area contributed by atoms with Crippen molar-refractivity contribution in [3.8, 4) is 0 Å². The zero-order chi connectivity index (χ0) is 8.81. The lowest BCUT2D eigenvalue weighted by Gasteiger charge is -1.82. The molecule has 0 saturated heterocycles. The first-order chi connectivity index (χ1) is 5.84. The van der Waals surface area contributed by atoms with Gasteiger partial charge in [0.25, 0.3) is 0 Å². The number of hydrogen-bond donors (Lipinski definition) is 0. The predicted octanol–water partition coefficient (Wildman–Crippen LogP) is -0.847. The molecule has 0 amide bonds. The Kier molecular flexibility index (Phi) is 3.07. The van der Waals surface area contributed by atoms with Crippen LogP contribution < -0.4 is 10.6 Å². The Hall–Kier alpha value is -1.58. The maximum Gasteiger partial charge on any atom is 0.0892 e. The van der Waals surface area contributed by atoms with Gasteiger partial charge in [0.05, 0.1) is 11.5 Å². The van der Waals surface area contributed by atoms with E-state index in [1.54, 1.807) is 12.4 Å². The highest BCUT2D eigenvalue weighted by Crippen LogP contribution is 1.63. The lowest BCUT2D eigenvalue weighted by Crippen LogP contribution is -2.28. The summed E-state index contributed by atoms with van der Waals surface area (Å²) in [6, 6.07) is 0. The minimum absolute atomic E-state index is 0.618. The Balaban J connectivity index is 3.03. The first-order valence-electron chi connectivity index (χ1n) is 3.68. The van der Waals surface area contributed by atoms with Gasteiger partial charge >= 0.3 is 0 Å². The first-order valence-corrected chi connectivity index (χ1v) is 3.68. The summed E-state index contributed by atoms with van der Waals surface area (Å²) in [5.74, 6) is 0. The molecule has 0 spiro atoms. The molecule has 0 aliphatic carbocycles. The van der Waals surface area contributed by atoms with Crippen LogP contribution in [0.25, 0.3) is 12.7 Å². The molecule has 0 bridgehead atoms. The Morgan fingerprint density at radius 3 is 3.17 bits per heavy atom. The van der Waals surface area contributed by atoms with Crippen molar-refractivity contribution in [3.05, 3.63) is 16.8 Å². The molecule has 12 heavy (non-hydrogen) atoms. The summed E-state index contributed by atoms with van der Waals surface area (Å²) >= 11 is 0. The maximum atomic E-state index is 4.02. The number of hydrogen-bond acceptors (Lipinski definition) is 4. The van der Waals surface area contributed by atoms with Gasteiger partial charge in [-0.3, -0.25) is 4.99 Å². The summed E-state index contributed by atoms with van der Waals surface area (Å²) in [4.78, 5) is 4.02. The molecule has 1 heterocycles. The summed E-state index contributed by atoms with van der Waals surface area (Å²) in [5.41, 5.74) is 0. The van der Waals surface area contributed by atoms with Crippen molar-refractivity contribution in [1.29, 1.82) is 0 Å². The molecule has 0 aromatic carbocycles. The van der Waals surface area contributed by atoms with Gasteiger partial charge in [-0.05, 0) is 18.2 Å². The van der Waals surface area contributed by atoms with Crippen molar-refractivity contribution in [2.75, 3.05) is 6.54 Å². The quantitative estimate of drug-likeness (QED) is 0.532. The van der Waals surface area contributed by atoms with Gasteiger partial charge in [0.1, 0.15) is 0 Å². The van der Waals surface area contributed by atoms with Crippen LogP contribution in [0.4, 0.5) is 0 Å². The Labute approximate surface area is 70.4 Å². The Morgan fingerprint density at radius 2 is 2.50 bits per heavy atom. The van der Waals surface area contributed by atoms with Crippen LogP contribution in [0.2, 0.25) is 0 Å². The van der Waals surface area contributed by atoms with Crippen molar-refractivity contribution in [3.63, 3.8) is 0 Å². The monoisotopic (exact) mass is 162 g/mol. The van der Waals surface area contributed by atoms with Crippen LogP contribution >= 0.6 is 0 Å². The summed E-state index contributed by atoms with van der Waals surface area (Å²) in [6.45, 7) is 6.44. The van der Waals surface area contributed by atoms with E-state index in [0.717, 1.165) is 11.8 Å². The van der Waals surface area contributed by atoms with E-state index in [1.807, 2.05) is 13.0 Å². The van der Waals surface area contributed by atoms with E-state index in [2.05, 4.69) is 27.0 Å². The summed E-state index contributed by atoms with van der Waals surface area (Å²) in [6.07, 6.45) is 5.14. The van der Waals surface area contributed by atoms with Crippen LogP contribution in [0.1, 0.15) is 6.92 Å². The van der Waals surface area contributed by atoms with E-state index in [-0.39, 0.29) is 0 Å². The third kappa shape index (κ3) is 2.23. The smallest absolute Gasteiger partial charge is 0.0892 e. The molecule has 0 N–H and O–H groups in total. The topological polar surface area (TPSA) is 51.0 Å². The van der Waals surface area contributed by atoms with Gasteiger partial charge < -0.3 is 0 Å². The highest BCUT2D eigenvalue weighted by Gasteiger charge is 1.80. The van der Waals surface area contributed by atoms with E-state index in [0.29, 0.717) is 5.35 Å². The molecule has 0 aliphatic rings. The lowest BCUT2D eigenvalue weighted by atomic mass is 10.4. The van der Waals surface area contributed by atoms with Crippen molar-refractivity contribution in [1.82, 2.24) is 15.4 Å². The van der Waals surface area contributed by atoms with Gasteiger partial charge in [-0.2, -0.15) is 0 Å².